The Balaban J connectivity index is 3.74. The van der Waals surface area contributed by atoms with Gasteiger partial charge in [0.15, 0.2) is 0 Å². The Hall–Kier alpha value is -0.460. The van der Waals surface area contributed by atoms with Crippen molar-refractivity contribution in [1.82, 2.24) is 10.7 Å². The molecule has 0 aromatic heterocycles. The number of hydrogen-bond acceptors (Lipinski definition) is 4. The summed E-state index contributed by atoms with van der Waals surface area (Å²) in [7, 11) is 1.69. The summed E-state index contributed by atoms with van der Waals surface area (Å²) in [5.41, 5.74) is 2.57. The lowest BCUT2D eigenvalue weighted by molar-refractivity contribution is 0.195. The first-order valence-corrected chi connectivity index (χ1v) is 6.86. The molecule has 0 bridgehead atoms. The van der Waals surface area contributed by atoms with Crippen LogP contribution < -0.4 is 16.6 Å². The van der Waals surface area contributed by atoms with Gasteiger partial charge in [0.05, 0.1) is 0 Å². The molecule has 1 unspecified atom stereocenters. The van der Waals surface area contributed by atoms with Crippen molar-refractivity contribution in [1.29, 1.82) is 0 Å². The largest absolute Gasteiger partial charge is 0.385 e. The van der Waals surface area contributed by atoms with Crippen LogP contribution in [0.25, 0.3) is 0 Å². The lowest BCUT2D eigenvalue weighted by Crippen LogP contribution is -2.42. The molecule has 0 aliphatic carbocycles. The van der Waals surface area contributed by atoms with Gasteiger partial charge >= 0.3 is 0 Å². The van der Waals surface area contributed by atoms with Crippen LogP contribution in [0, 0.1) is 5.92 Å². The maximum atomic E-state index is 5.37. The SMILES string of the molecule is COCCCNC(=NCC(C)CSC)NN. The molecule has 4 N–H and O–H groups in total. The molecule has 0 spiro atoms. The van der Waals surface area contributed by atoms with Crippen LogP contribution in [0.15, 0.2) is 4.99 Å². The van der Waals surface area contributed by atoms with E-state index >= 15 is 0 Å². The zero-order valence-electron chi connectivity index (χ0n) is 10.5. The minimum atomic E-state index is 0.569. The maximum Gasteiger partial charge on any atom is 0.205 e. The number of hydrazine groups is 1. The fourth-order valence-electron chi connectivity index (χ4n) is 1.16. The fourth-order valence-corrected chi connectivity index (χ4v) is 1.83. The highest BCUT2D eigenvalue weighted by molar-refractivity contribution is 7.98. The number of hydrogen-bond donors (Lipinski definition) is 3. The molecule has 0 amide bonds. The molecule has 0 radical (unpaired) electrons. The van der Waals surface area contributed by atoms with Crippen molar-refractivity contribution < 1.29 is 4.74 Å². The average Bonchev–Trinajstić information content (AvgIpc) is 2.28. The zero-order chi connectivity index (χ0) is 12.2. The number of nitrogens with zero attached hydrogens (tertiary/aromatic N) is 1. The molecule has 0 aliphatic heterocycles. The first-order chi connectivity index (χ1) is 7.74. The zero-order valence-corrected chi connectivity index (χ0v) is 11.3. The van der Waals surface area contributed by atoms with Gasteiger partial charge in [-0.3, -0.25) is 10.4 Å². The Labute approximate surface area is 103 Å². The van der Waals surface area contributed by atoms with E-state index < -0.39 is 0 Å². The topological polar surface area (TPSA) is 71.7 Å². The van der Waals surface area contributed by atoms with E-state index in [9.17, 15) is 0 Å². The molecule has 0 rings (SSSR count). The first-order valence-electron chi connectivity index (χ1n) is 5.47. The fraction of sp³-hybridized carbons (Fsp3) is 0.900. The number of thioether (sulfide) groups is 1. The normalized spacial score (nSPS) is 13.6. The summed E-state index contributed by atoms with van der Waals surface area (Å²) in [5, 5.41) is 3.13. The van der Waals surface area contributed by atoms with E-state index in [1.807, 2.05) is 11.8 Å². The van der Waals surface area contributed by atoms with Crippen LogP contribution in [0.2, 0.25) is 0 Å². The molecule has 0 saturated carbocycles. The van der Waals surface area contributed by atoms with E-state index in [0.29, 0.717) is 11.9 Å². The van der Waals surface area contributed by atoms with Crippen LogP contribution in [-0.2, 0) is 4.74 Å². The number of ether oxygens (including phenoxy) is 1. The number of aliphatic imine (C=N–C) groups is 1. The summed E-state index contributed by atoms with van der Waals surface area (Å²) < 4.78 is 4.95. The summed E-state index contributed by atoms with van der Waals surface area (Å²) >= 11 is 1.84. The molecular formula is C10H24N4OS. The third kappa shape index (κ3) is 8.82. The van der Waals surface area contributed by atoms with Crippen LogP contribution >= 0.6 is 11.8 Å². The van der Waals surface area contributed by atoms with Gasteiger partial charge in [-0.2, -0.15) is 11.8 Å². The first kappa shape index (κ1) is 15.5. The van der Waals surface area contributed by atoms with Crippen LogP contribution in [0.3, 0.4) is 0 Å². The van der Waals surface area contributed by atoms with Crippen LogP contribution in [0.4, 0.5) is 0 Å². The lowest BCUT2D eigenvalue weighted by atomic mass is 10.2. The minimum absolute atomic E-state index is 0.569. The molecule has 0 saturated heterocycles. The third-order valence-electron chi connectivity index (χ3n) is 1.97. The van der Waals surface area contributed by atoms with Crippen molar-refractivity contribution in [2.24, 2.45) is 16.8 Å². The van der Waals surface area contributed by atoms with Crippen LogP contribution in [-0.4, -0.2) is 44.8 Å². The summed E-state index contributed by atoms with van der Waals surface area (Å²) in [6.07, 6.45) is 3.04. The van der Waals surface area contributed by atoms with E-state index in [1.165, 1.54) is 0 Å². The molecule has 96 valence electrons. The Morgan fingerprint density at radius 2 is 2.31 bits per heavy atom. The molecule has 0 heterocycles. The van der Waals surface area contributed by atoms with Crippen molar-refractivity contribution in [3.8, 4) is 0 Å². The van der Waals surface area contributed by atoms with E-state index in [-0.39, 0.29) is 0 Å². The predicted molar refractivity (Wildman–Crippen MR) is 71.7 cm³/mol. The van der Waals surface area contributed by atoms with Crippen molar-refractivity contribution in [3.05, 3.63) is 0 Å². The molecular weight excluding hydrogens is 224 g/mol. The van der Waals surface area contributed by atoms with Crippen LogP contribution in [0.1, 0.15) is 13.3 Å². The van der Waals surface area contributed by atoms with Crippen LogP contribution in [0.5, 0.6) is 0 Å². The number of nitrogens with two attached hydrogens (primary N) is 1. The van der Waals surface area contributed by atoms with Crippen molar-refractivity contribution >= 4 is 17.7 Å². The van der Waals surface area contributed by atoms with Crippen molar-refractivity contribution in [3.63, 3.8) is 0 Å². The quantitative estimate of drug-likeness (QED) is 0.191. The van der Waals surface area contributed by atoms with Gasteiger partial charge in [-0.1, -0.05) is 6.92 Å². The highest BCUT2D eigenvalue weighted by atomic mass is 32.2. The van der Waals surface area contributed by atoms with Crippen molar-refractivity contribution in [2.45, 2.75) is 13.3 Å². The second-order valence-corrected chi connectivity index (χ2v) is 4.58. The summed E-state index contributed by atoms with van der Waals surface area (Å²) in [6.45, 7) is 4.53. The minimum Gasteiger partial charge on any atom is -0.385 e. The molecule has 1 atom stereocenters. The number of nitrogens with one attached hydrogen (secondary N) is 2. The molecule has 6 heteroatoms. The monoisotopic (exact) mass is 248 g/mol. The van der Waals surface area contributed by atoms with E-state index in [0.717, 1.165) is 31.9 Å². The number of rotatable bonds is 8. The average molecular weight is 248 g/mol. The highest BCUT2D eigenvalue weighted by Gasteiger charge is 2.00. The Bertz CT molecular complexity index is 190. The van der Waals surface area contributed by atoms with Crippen molar-refractivity contribution in [2.75, 3.05) is 38.8 Å². The molecule has 0 aromatic carbocycles. The predicted octanol–water partition coefficient (Wildman–Crippen LogP) is 0.431. The van der Waals surface area contributed by atoms with Gasteiger partial charge in [-0.15, -0.1) is 0 Å². The standard InChI is InChI=1S/C10H24N4OS/c1-9(8-16-3)7-13-10(14-11)12-5-4-6-15-2/h9H,4-8,11H2,1-3H3,(H2,12,13,14). The van der Waals surface area contributed by atoms with Gasteiger partial charge in [-0.05, 0) is 24.3 Å². The van der Waals surface area contributed by atoms with Gasteiger partial charge in [0.2, 0.25) is 5.96 Å². The maximum absolute atomic E-state index is 5.37. The van der Waals surface area contributed by atoms with E-state index in [2.05, 4.69) is 28.9 Å². The molecule has 0 aromatic rings. The van der Waals surface area contributed by atoms with Gasteiger partial charge < -0.3 is 10.1 Å². The highest BCUT2D eigenvalue weighted by Crippen LogP contribution is 2.04. The number of methoxy groups -OCH3 is 1. The van der Waals surface area contributed by atoms with Gasteiger partial charge in [0.25, 0.3) is 0 Å². The third-order valence-corrected chi connectivity index (χ3v) is 2.87. The van der Waals surface area contributed by atoms with Gasteiger partial charge in [0.1, 0.15) is 0 Å². The number of guanidine groups is 1. The second kappa shape index (κ2) is 11.0. The van der Waals surface area contributed by atoms with E-state index in [4.69, 9.17) is 10.6 Å². The van der Waals surface area contributed by atoms with E-state index in [1.54, 1.807) is 7.11 Å². The molecule has 0 aliphatic rings. The Kier molecular flexibility index (Phi) is 10.7. The smallest absolute Gasteiger partial charge is 0.205 e. The molecule has 16 heavy (non-hydrogen) atoms. The summed E-state index contributed by atoms with van der Waals surface area (Å²) in [4.78, 5) is 4.37. The second-order valence-electron chi connectivity index (χ2n) is 3.67. The Morgan fingerprint density at radius 1 is 1.56 bits per heavy atom. The Morgan fingerprint density at radius 3 is 2.88 bits per heavy atom. The van der Waals surface area contributed by atoms with Gasteiger partial charge in [0, 0.05) is 26.8 Å². The molecule has 0 fully saturated rings. The molecule has 5 nitrogen and oxygen atoms in total. The lowest BCUT2D eigenvalue weighted by Gasteiger charge is -2.11. The summed E-state index contributed by atoms with van der Waals surface area (Å²) in [6, 6.07) is 0. The summed E-state index contributed by atoms with van der Waals surface area (Å²) in [5.74, 6) is 7.71. The van der Waals surface area contributed by atoms with Gasteiger partial charge in [-0.25, -0.2) is 5.84 Å².